The second kappa shape index (κ2) is 10.7. The molecule has 0 spiro atoms. The summed E-state index contributed by atoms with van der Waals surface area (Å²) in [6.45, 7) is -1.20. The molecule has 224 valence electrons. The number of fused-ring (bicyclic) bond motifs is 3. The van der Waals surface area contributed by atoms with Crippen LogP contribution in [0, 0.1) is 24.5 Å². The fraction of sp³-hybridized carbons (Fsp3) is 0.419. The van der Waals surface area contributed by atoms with Crippen molar-refractivity contribution >= 4 is 31.8 Å². The van der Waals surface area contributed by atoms with Crippen molar-refractivity contribution in [1.29, 1.82) is 0 Å². The maximum Gasteiger partial charge on any atom is 0.225 e. The monoisotopic (exact) mass is 607 g/mol. The van der Waals surface area contributed by atoms with E-state index in [9.17, 15) is 8.42 Å². The molecule has 1 aliphatic carbocycles. The SMILES string of the molecule is [2H]C([2H])([2H])c1nnn(C)c1-c1cnc2c3c(OCC4CC4)ncc(S(C)(=O)=O)c3n([C@H](c3ccccc3F)C3CCOCC3)c2c1. The highest BCUT2D eigenvalue weighted by molar-refractivity contribution is 7.91. The molecule has 5 heterocycles. The first-order valence-corrected chi connectivity index (χ1v) is 16.2. The number of hydrogen-bond acceptors (Lipinski definition) is 8. The molecule has 1 aliphatic heterocycles. The normalized spacial score (nSPS) is 18.4. The third-order valence-corrected chi connectivity index (χ3v) is 9.55. The van der Waals surface area contributed by atoms with E-state index in [4.69, 9.17) is 18.6 Å². The summed E-state index contributed by atoms with van der Waals surface area (Å²) in [6, 6.07) is 7.57. The molecule has 7 rings (SSSR count). The van der Waals surface area contributed by atoms with Gasteiger partial charge in [0.2, 0.25) is 5.88 Å². The minimum atomic E-state index is -3.86. The minimum absolute atomic E-state index is 0.0420. The molecular weight excluding hydrogens is 571 g/mol. The van der Waals surface area contributed by atoms with Crippen LogP contribution in [-0.4, -0.2) is 64.0 Å². The second-order valence-electron chi connectivity index (χ2n) is 11.5. The predicted octanol–water partition coefficient (Wildman–Crippen LogP) is 5.04. The Labute approximate surface area is 253 Å². The molecule has 5 aromatic rings. The first-order chi connectivity index (χ1) is 21.9. The Balaban J connectivity index is 1.61. The summed E-state index contributed by atoms with van der Waals surface area (Å²) in [5.74, 6) is 0.0611. The highest BCUT2D eigenvalue weighted by Crippen LogP contribution is 2.45. The van der Waals surface area contributed by atoms with Crippen molar-refractivity contribution in [3.63, 3.8) is 0 Å². The molecule has 0 N–H and O–H groups in total. The topological polar surface area (TPSA) is 114 Å². The van der Waals surface area contributed by atoms with Gasteiger partial charge in [-0.3, -0.25) is 4.98 Å². The molecule has 0 unspecified atom stereocenters. The second-order valence-corrected chi connectivity index (χ2v) is 13.5. The van der Waals surface area contributed by atoms with Crippen LogP contribution in [0.3, 0.4) is 0 Å². The summed E-state index contributed by atoms with van der Waals surface area (Å²) in [6.07, 6.45) is 7.22. The number of aryl methyl sites for hydroxylation is 2. The average molecular weight is 608 g/mol. The van der Waals surface area contributed by atoms with Gasteiger partial charge in [0.15, 0.2) is 9.84 Å². The van der Waals surface area contributed by atoms with Crippen LogP contribution in [0.1, 0.15) is 47.1 Å². The number of aromatic nitrogens is 6. The summed E-state index contributed by atoms with van der Waals surface area (Å²) in [4.78, 5) is 9.26. The van der Waals surface area contributed by atoms with Gasteiger partial charge in [0.25, 0.3) is 0 Å². The van der Waals surface area contributed by atoms with E-state index in [0.29, 0.717) is 71.6 Å². The Kier molecular flexibility index (Phi) is 6.09. The minimum Gasteiger partial charge on any atom is -0.477 e. The summed E-state index contributed by atoms with van der Waals surface area (Å²) < 4.78 is 82.0. The van der Waals surface area contributed by atoms with E-state index in [-0.39, 0.29) is 28.1 Å². The van der Waals surface area contributed by atoms with Gasteiger partial charge in [0, 0.05) is 48.0 Å². The lowest BCUT2D eigenvalue weighted by molar-refractivity contribution is 0.0548. The number of halogens is 1. The lowest BCUT2D eigenvalue weighted by atomic mass is 9.86. The zero-order valence-electron chi connectivity index (χ0n) is 26.8. The molecular formula is C31H33FN6O4S. The van der Waals surface area contributed by atoms with Gasteiger partial charge in [0.05, 0.1) is 46.7 Å². The van der Waals surface area contributed by atoms with Gasteiger partial charge in [-0.1, -0.05) is 23.4 Å². The molecule has 0 bridgehead atoms. The fourth-order valence-electron chi connectivity index (χ4n) is 6.18. The van der Waals surface area contributed by atoms with Crippen molar-refractivity contribution in [1.82, 2.24) is 29.5 Å². The van der Waals surface area contributed by atoms with Gasteiger partial charge in [-0.05, 0) is 56.5 Å². The molecule has 1 aromatic carbocycles. The van der Waals surface area contributed by atoms with Crippen molar-refractivity contribution < 1.29 is 26.4 Å². The zero-order chi connectivity index (χ0) is 32.4. The van der Waals surface area contributed by atoms with Crippen molar-refractivity contribution in [2.75, 3.05) is 26.1 Å². The maximum atomic E-state index is 15.9. The number of sulfone groups is 1. The number of hydrogen-bond donors (Lipinski definition) is 0. The Morgan fingerprint density at radius 2 is 1.95 bits per heavy atom. The van der Waals surface area contributed by atoms with Crippen molar-refractivity contribution in [3.8, 4) is 17.1 Å². The Morgan fingerprint density at radius 3 is 2.67 bits per heavy atom. The van der Waals surface area contributed by atoms with Crippen molar-refractivity contribution in [2.24, 2.45) is 18.9 Å². The molecule has 10 nitrogen and oxygen atoms in total. The molecule has 0 radical (unpaired) electrons. The molecule has 12 heteroatoms. The standard InChI is InChI=1S/C31H33FN6O4S/c1-18-28(37(2)36-35-18)21-14-24-27(33-15-21)26-30(25(43(3,39)40)16-34-31(26)42-17-19-8-9-19)38(24)29(20-10-12-41-13-11-20)22-6-4-5-7-23(22)32/h4-7,14-16,19-20,29H,8-13,17H2,1-3H3/t29-/m0/s1/i1D3. The van der Waals surface area contributed by atoms with Crippen LogP contribution in [0.2, 0.25) is 0 Å². The Hall–Kier alpha value is -3.90. The van der Waals surface area contributed by atoms with Gasteiger partial charge >= 0.3 is 0 Å². The van der Waals surface area contributed by atoms with Gasteiger partial charge in [0.1, 0.15) is 16.2 Å². The number of benzene rings is 1. The number of pyridine rings is 2. The van der Waals surface area contributed by atoms with Crippen LogP contribution in [0.15, 0.2) is 47.6 Å². The van der Waals surface area contributed by atoms with Crippen molar-refractivity contribution in [2.45, 2.75) is 43.5 Å². The maximum absolute atomic E-state index is 15.9. The number of rotatable bonds is 8. The third kappa shape index (κ3) is 4.96. The first-order valence-electron chi connectivity index (χ1n) is 15.8. The third-order valence-electron chi connectivity index (χ3n) is 8.45. The summed E-state index contributed by atoms with van der Waals surface area (Å²) >= 11 is 0. The van der Waals surface area contributed by atoms with E-state index in [1.54, 1.807) is 31.3 Å². The molecule has 1 atom stereocenters. The molecule has 2 fully saturated rings. The highest BCUT2D eigenvalue weighted by atomic mass is 32.2. The zero-order valence-corrected chi connectivity index (χ0v) is 24.6. The number of nitrogens with zero attached hydrogens (tertiary/aromatic N) is 6. The van der Waals surface area contributed by atoms with Gasteiger partial charge in [-0.25, -0.2) is 22.5 Å². The number of ether oxygens (including phenoxy) is 2. The smallest absolute Gasteiger partial charge is 0.225 e. The Bertz CT molecular complexity index is 2070. The fourth-order valence-corrected chi connectivity index (χ4v) is 6.98. The highest BCUT2D eigenvalue weighted by Gasteiger charge is 2.35. The average Bonchev–Trinajstić information content (AvgIpc) is 3.67. The molecule has 2 aliphatic rings. The van der Waals surface area contributed by atoms with Crippen LogP contribution >= 0.6 is 0 Å². The van der Waals surface area contributed by atoms with Crippen LogP contribution < -0.4 is 4.74 Å². The van der Waals surface area contributed by atoms with Crippen LogP contribution in [0.5, 0.6) is 5.88 Å². The summed E-state index contributed by atoms with van der Waals surface area (Å²) in [5, 5.41) is 8.31. The van der Waals surface area contributed by atoms with E-state index in [2.05, 4.69) is 15.3 Å². The van der Waals surface area contributed by atoms with E-state index in [1.165, 1.54) is 23.1 Å². The van der Waals surface area contributed by atoms with Crippen LogP contribution in [0.4, 0.5) is 4.39 Å². The van der Waals surface area contributed by atoms with Gasteiger partial charge in [-0.15, -0.1) is 5.10 Å². The lowest BCUT2D eigenvalue weighted by Crippen LogP contribution is -2.28. The van der Waals surface area contributed by atoms with E-state index in [0.717, 1.165) is 19.1 Å². The van der Waals surface area contributed by atoms with Gasteiger partial charge < -0.3 is 14.0 Å². The van der Waals surface area contributed by atoms with Crippen LogP contribution in [-0.2, 0) is 21.6 Å². The Morgan fingerprint density at radius 1 is 1.16 bits per heavy atom. The quantitative estimate of drug-likeness (QED) is 0.241. The molecule has 4 aromatic heterocycles. The largest absolute Gasteiger partial charge is 0.477 e. The van der Waals surface area contributed by atoms with Crippen LogP contribution in [0.25, 0.3) is 33.2 Å². The van der Waals surface area contributed by atoms with Crippen molar-refractivity contribution in [3.05, 3.63) is 59.8 Å². The lowest BCUT2D eigenvalue weighted by Gasteiger charge is -2.33. The van der Waals surface area contributed by atoms with E-state index >= 15 is 4.39 Å². The molecule has 1 saturated carbocycles. The van der Waals surface area contributed by atoms with Gasteiger partial charge in [-0.2, -0.15) is 0 Å². The molecule has 43 heavy (non-hydrogen) atoms. The summed E-state index contributed by atoms with van der Waals surface area (Å²) in [5.41, 5.74) is 2.03. The van der Waals surface area contributed by atoms with E-state index in [1.807, 2.05) is 4.57 Å². The molecule has 1 saturated heterocycles. The summed E-state index contributed by atoms with van der Waals surface area (Å²) in [7, 11) is -2.27. The molecule has 0 amide bonds. The predicted molar refractivity (Wildman–Crippen MR) is 159 cm³/mol. The van der Waals surface area contributed by atoms with E-state index < -0.39 is 28.5 Å². The first kappa shape index (κ1) is 24.5.